The first kappa shape index (κ1) is 12.5. The second kappa shape index (κ2) is 5.00. The minimum Gasteiger partial charge on any atom is -0.449 e. The maximum absolute atomic E-state index is 10.8. The van der Waals surface area contributed by atoms with Gasteiger partial charge in [0.2, 0.25) is 11.8 Å². The molecule has 0 aliphatic heterocycles. The molecule has 1 rings (SSSR count). The Hall–Kier alpha value is -1.53. The van der Waals surface area contributed by atoms with Crippen LogP contribution in [0.2, 0.25) is 10.2 Å². The molecule has 1 aromatic rings. The minimum absolute atomic E-state index is 0.0338. The van der Waals surface area contributed by atoms with Crippen LogP contribution in [0.15, 0.2) is 6.07 Å². The number of pyridine rings is 1. The van der Waals surface area contributed by atoms with E-state index in [1.54, 1.807) is 0 Å². The highest BCUT2D eigenvalue weighted by atomic mass is 35.5. The zero-order chi connectivity index (χ0) is 12.3. The quantitative estimate of drug-likeness (QED) is 0.633. The van der Waals surface area contributed by atoms with Gasteiger partial charge in [0.15, 0.2) is 5.15 Å². The van der Waals surface area contributed by atoms with Crippen LogP contribution in [-0.4, -0.2) is 22.2 Å². The standard InChI is InChI=1S/C8H6Cl2N2O4/c1-3(13)11-6-4(9)2-5(12-7(6)10)16-8(14)15/h2H,1H3,(H,11,13)(H,14,15). The molecule has 6 nitrogen and oxygen atoms in total. The smallest absolute Gasteiger partial charge is 0.449 e. The summed E-state index contributed by atoms with van der Waals surface area (Å²) < 4.78 is 4.26. The lowest BCUT2D eigenvalue weighted by atomic mass is 10.4. The number of rotatable bonds is 2. The molecule has 0 fully saturated rings. The first-order valence-electron chi connectivity index (χ1n) is 3.94. The number of amides is 1. The summed E-state index contributed by atoms with van der Waals surface area (Å²) in [5.41, 5.74) is 0.105. The SMILES string of the molecule is CC(=O)Nc1c(Cl)cc(OC(=O)O)nc1Cl. The number of halogens is 2. The molecule has 1 aromatic heterocycles. The number of carbonyl (C=O) groups excluding carboxylic acids is 1. The fourth-order valence-electron chi connectivity index (χ4n) is 0.893. The van der Waals surface area contributed by atoms with Crippen LogP contribution in [0.3, 0.4) is 0 Å². The lowest BCUT2D eigenvalue weighted by Gasteiger charge is -2.08. The maximum Gasteiger partial charge on any atom is 0.512 e. The van der Waals surface area contributed by atoms with Crippen molar-refractivity contribution in [2.75, 3.05) is 5.32 Å². The van der Waals surface area contributed by atoms with Crippen molar-refractivity contribution in [1.82, 2.24) is 4.98 Å². The number of hydrogen-bond donors (Lipinski definition) is 2. The van der Waals surface area contributed by atoms with Crippen molar-refractivity contribution in [3.05, 3.63) is 16.2 Å². The number of nitrogens with one attached hydrogen (secondary N) is 1. The molecular formula is C8H6Cl2N2O4. The van der Waals surface area contributed by atoms with Crippen LogP contribution in [0, 0.1) is 0 Å². The molecule has 0 spiro atoms. The van der Waals surface area contributed by atoms with Crippen LogP contribution < -0.4 is 10.1 Å². The molecular weight excluding hydrogens is 259 g/mol. The van der Waals surface area contributed by atoms with Crippen molar-refractivity contribution in [2.45, 2.75) is 6.92 Å². The zero-order valence-electron chi connectivity index (χ0n) is 7.95. The van der Waals surface area contributed by atoms with Crippen molar-refractivity contribution in [2.24, 2.45) is 0 Å². The van der Waals surface area contributed by atoms with Gasteiger partial charge in [0.1, 0.15) is 0 Å². The van der Waals surface area contributed by atoms with Crippen molar-refractivity contribution >= 4 is 41.0 Å². The first-order chi connectivity index (χ1) is 7.40. The third-order valence-electron chi connectivity index (χ3n) is 1.40. The van der Waals surface area contributed by atoms with Gasteiger partial charge in [-0.05, 0) is 0 Å². The summed E-state index contributed by atoms with van der Waals surface area (Å²) in [6.45, 7) is 1.27. The number of aromatic nitrogens is 1. The number of carboxylic acid groups (broad SMARTS) is 1. The van der Waals surface area contributed by atoms with Crippen LogP contribution in [-0.2, 0) is 4.79 Å². The zero-order valence-corrected chi connectivity index (χ0v) is 9.46. The molecule has 2 N–H and O–H groups in total. The average molecular weight is 265 g/mol. The van der Waals surface area contributed by atoms with Gasteiger partial charge in [0.25, 0.3) is 0 Å². The van der Waals surface area contributed by atoms with E-state index in [0.29, 0.717) is 0 Å². The molecule has 1 amide bonds. The summed E-state index contributed by atoms with van der Waals surface area (Å²) in [6, 6.07) is 1.13. The topological polar surface area (TPSA) is 88.5 Å². The van der Waals surface area contributed by atoms with Crippen molar-refractivity contribution in [3.8, 4) is 5.88 Å². The van der Waals surface area contributed by atoms with Crippen molar-refractivity contribution < 1.29 is 19.4 Å². The van der Waals surface area contributed by atoms with Crippen molar-refractivity contribution in [1.29, 1.82) is 0 Å². The maximum atomic E-state index is 10.8. The van der Waals surface area contributed by atoms with E-state index in [2.05, 4.69) is 15.0 Å². The molecule has 0 unspecified atom stereocenters. The summed E-state index contributed by atoms with van der Waals surface area (Å²) in [6.07, 6.45) is -1.54. The summed E-state index contributed by atoms with van der Waals surface area (Å²) in [5.74, 6) is -0.644. The molecule has 0 saturated heterocycles. The van der Waals surface area contributed by atoms with E-state index in [4.69, 9.17) is 28.3 Å². The number of hydrogen-bond acceptors (Lipinski definition) is 4. The second-order valence-corrected chi connectivity index (χ2v) is 3.42. The summed E-state index contributed by atoms with van der Waals surface area (Å²) in [5, 5.41) is 10.6. The normalized spacial score (nSPS) is 9.69. The highest BCUT2D eigenvalue weighted by molar-refractivity contribution is 6.39. The van der Waals surface area contributed by atoms with Crippen LogP contribution in [0.5, 0.6) is 5.88 Å². The molecule has 0 aliphatic carbocycles. The van der Waals surface area contributed by atoms with Gasteiger partial charge in [0, 0.05) is 13.0 Å². The van der Waals surface area contributed by atoms with Gasteiger partial charge < -0.3 is 15.2 Å². The van der Waals surface area contributed by atoms with E-state index in [-0.39, 0.29) is 27.7 Å². The summed E-state index contributed by atoms with van der Waals surface area (Å²) in [7, 11) is 0. The first-order valence-corrected chi connectivity index (χ1v) is 4.70. The number of carbonyl (C=O) groups is 2. The van der Waals surface area contributed by atoms with E-state index in [0.717, 1.165) is 6.07 Å². The fourth-order valence-corrected chi connectivity index (χ4v) is 1.40. The number of nitrogens with zero attached hydrogens (tertiary/aromatic N) is 1. The van der Waals surface area contributed by atoms with Gasteiger partial charge in [-0.1, -0.05) is 23.2 Å². The second-order valence-electron chi connectivity index (χ2n) is 2.66. The van der Waals surface area contributed by atoms with Crippen molar-refractivity contribution in [3.63, 3.8) is 0 Å². The summed E-state index contributed by atoms with van der Waals surface area (Å²) >= 11 is 11.4. The third kappa shape index (κ3) is 3.25. The highest BCUT2D eigenvalue weighted by Crippen LogP contribution is 2.31. The molecule has 0 bridgehead atoms. The lowest BCUT2D eigenvalue weighted by Crippen LogP contribution is -2.09. The van der Waals surface area contributed by atoms with Gasteiger partial charge in [-0.25, -0.2) is 4.79 Å². The number of anilines is 1. The van der Waals surface area contributed by atoms with Gasteiger partial charge in [-0.3, -0.25) is 4.79 Å². The molecule has 0 radical (unpaired) electrons. The lowest BCUT2D eigenvalue weighted by molar-refractivity contribution is -0.114. The van der Waals surface area contributed by atoms with Gasteiger partial charge in [-0.2, -0.15) is 4.98 Å². The molecule has 8 heteroatoms. The monoisotopic (exact) mass is 264 g/mol. The average Bonchev–Trinajstić information content (AvgIpc) is 2.10. The Bertz CT molecular complexity index is 427. The molecule has 16 heavy (non-hydrogen) atoms. The van der Waals surface area contributed by atoms with E-state index < -0.39 is 6.16 Å². The Morgan fingerprint density at radius 3 is 2.56 bits per heavy atom. The van der Waals surface area contributed by atoms with Crippen LogP contribution >= 0.6 is 23.2 Å². The molecule has 0 saturated carbocycles. The van der Waals surface area contributed by atoms with Gasteiger partial charge >= 0.3 is 6.16 Å². The summed E-state index contributed by atoms with van der Waals surface area (Å²) in [4.78, 5) is 24.6. The Morgan fingerprint density at radius 2 is 2.12 bits per heavy atom. The van der Waals surface area contributed by atoms with Gasteiger partial charge in [0.05, 0.1) is 10.7 Å². The van der Waals surface area contributed by atoms with E-state index in [1.807, 2.05) is 0 Å². The molecule has 0 atom stereocenters. The van der Waals surface area contributed by atoms with E-state index in [9.17, 15) is 9.59 Å². The predicted molar refractivity (Wildman–Crippen MR) is 57.2 cm³/mol. The Morgan fingerprint density at radius 1 is 1.50 bits per heavy atom. The van der Waals surface area contributed by atoms with Crippen LogP contribution in [0.25, 0.3) is 0 Å². The molecule has 1 heterocycles. The van der Waals surface area contributed by atoms with Crippen LogP contribution in [0.4, 0.5) is 10.5 Å². The Kier molecular flexibility index (Phi) is 3.92. The van der Waals surface area contributed by atoms with Crippen LogP contribution in [0.1, 0.15) is 6.92 Å². The Balaban J connectivity index is 3.06. The largest absolute Gasteiger partial charge is 0.512 e. The van der Waals surface area contributed by atoms with E-state index >= 15 is 0 Å². The molecule has 86 valence electrons. The van der Waals surface area contributed by atoms with E-state index in [1.165, 1.54) is 6.92 Å². The fraction of sp³-hybridized carbons (Fsp3) is 0.125. The third-order valence-corrected chi connectivity index (χ3v) is 1.97. The predicted octanol–water partition coefficient (Wildman–Crippen LogP) is 2.40. The molecule has 0 aliphatic rings. The minimum atomic E-state index is -1.54. The highest BCUT2D eigenvalue weighted by Gasteiger charge is 2.13. The number of ether oxygens (including phenoxy) is 1. The van der Waals surface area contributed by atoms with Gasteiger partial charge in [-0.15, -0.1) is 0 Å². The molecule has 0 aromatic carbocycles. The Labute approximate surface area is 100 Å².